The molecule has 4 rings (SSSR count). The highest BCUT2D eigenvalue weighted by atomic mass is 15.1. The monoisotopic (exact) mass is 226 g/mol. The molecule has 2 aliphatic rings. The third kappa shape index (κ3) is 1.64. The van der Waals surface area contributed by atoms with E-state index >= 15 is 0 Å². The van der Waals surface area contributed by atoms with Crippen LogP contribution in [-0.2, 0) is 0 Å². The van der Waals surface area contributed by atoms with Gasteiger partial charge in [0.2, 0.25) is 0 Å². The molecule has 4 nitrogen and oxygen atoms in total. The van der Waals surface area contributed by atoms with Crippen molar-refractivity contribution in [3.63, 3.8) is 0 Å². The van der Waals surface area contributed by atoms with Crippen molar-refractivity contribution in [1.82, 2.24) is 19.7 Å². The van der Waals surface area contributed by atoms with Gasteiger partial charge in [-0.2, -0.15) is 10.2 Å². The molecule has 2 fully saturated rings. The van der Waals surface area contributed by atoms with Crippen LogP contribution in [0.1, 0.15) is 43.3 Å². The largest absolute Gasteiger partial charge is 0.328 e. The lowest BCUT2D eigenvalue weighted by molar-refractivity contribution is 0.748. The topological polar surface area (TPSA) is 43.6 Å². The van der Waals surface area contributed by atoms with Crippen molar-refractivity contribution in [1.29, 1.82) is 0 Å². The third-order valence-electron chi connectivity index (χ3n) is 3.54. The second-order valence-electron chi connectivity index (χ2n) is 5.03. The van der Waals surface area contributed by atoms with Gasteiger partial charge in [0.05, 0.1) is 11.9 Å². The Bertz CT molecular complexity index is 552. The Labute approximate surface area is 99.7 Å². The highest BCUT2D eigenvalue weighted by molar-refractivity contribution is 5.55. The maximum atomic E-state index is 4.46. The van der Waals surface area contributed by atoms with Crippen LogP contribution in [0, 0.1) is 0 Å². The Hall–Kier alpha value is -1.71. The molecule has 4 heteroatoms. The van der Waals surface area contributed by atoms with E-state index in [-0.39, 0.29) is 0 Å². The molecule has 0 aliphatic heterocycles. The molecule has 0 radical (unpaired) electrons. The van der Waals surface area contributed by atoms with Crippen LogP contribution in [0.3, 0.4) is 0 Å². The first-order valence-electron chi connectivity index (χ1n) is 6.27. The van der Waals surface area contributed by atoms with E-state index in [1.165, 1.54) is 25.7 Å². The van der Waals surface area contributed by atoms with Gasteiger partial charge < -0.3 is 4.57 Å². The molecule has 0 aromatic carbocycles. The molecule has 0 spiro atoms. The van der Waals surface area contributed by atoms with Crippen LogP contribution >= 0.6 is 0 Å². The summed E-state index contributed by atoms with van der Waals surface area (Å²) in [5.74, 6) is 1.69. The highest BCUT2D eigenvalue weighted by Gasteiger charge is 2.28. The third-order valence-corrected chi connectivity index (χ3v) is 3.54. The van der Waals surface area contributed by atoms with Crippen molar-refractivity contribution in [2.45, 2.75) is 37.6 Å². The molecule has 2 aliphatic carbocycles. The number of hydrogen-bond donors (Lipinski definition) is 0. The number of nitrogens with zero attached hydrogens (tertiary/aromatic N) is 4. The summed E-state index contributed by atoms with van der Waals surface area (Å²) < 4.78 is 2.27. The molecule has 0 unspecified atom stereocenters. The van der Waals surface area contributed by atoms with Crippen molar-refractivity contribution in [3.05, 3.63) is 30.4 Å². The maximum Gasteiger partial charge on any atom is 0.141 e. The van der Waals surface area contributed by atoms with Crippen molar-refractivity contribution in [2.75, 3.05) is 0 Å². The molecule has 0 atom stereocenters. The summed E-state index contributed by atoms with van der Waals surface area (Å²) in [6.45, 7) is 0. The van der Waals surface area contributed by atoms with Gasteiger partial charge in [-0.1, -0.05) is 0 Å². The molecule has 0 amide bonds. The van der Waals surface area contributed by atoms with E-state index in [0.29, 0.717) is 12.0 Å². The molecule has 86 valence electrons. The lowest BCUT2D eigenvalue weighted by Gasteiger charge is -2.06. The zero-order chi connectivity index (χ0) is 11.2. The van der Waals surface area contributed by atoms with Crippen LogP contribution in [0.2, 0.25) is 0 Å². The molecule has 0 bridgehead atoms. The minimum absolute atomic E-state index is 0.645. The summed E-state index contributed by atoms with van der Waals surface area (Å²) in [4.78, 5) is 4.46. The average Bonchev–Trinajstić information content (AvgIpc) is 3.28. The molecule has 2 saturated carbocycles. The second kappa shape index (κ2) is 3.39. The second-order valence-corrected chi connectivity index (χ2v) is 5.03. The standard InChI is InChI=1S/C13H14N4/c1-2-9(1)12-7-10(8-15-16-12)13-14-5-6-17(13)11-3-4-11/h5-9,11H,1-4H2. The van der Waals surface area contributed by atoms with Crippen molar-refractivity contribution in [2.24, 2.45) is 0 Å². The fourth-order valence-electron chi connectivity index (χ4n) is 2.27. The fourth-order valence-corrected chi connectivity index (χ4v) is 2.27. The predicted molar refractivity (Wildman–Crippen MR) is 63.5 cm³/mol. The van der Waals surface area contributed by atoms with E-state index in [4.69, 9.17) is 0 Å². The smallest absolute Gasteiger partial charge is 0.141 e. The first kappa shape index (κ1) is 9.33. The molecular formula is C13H14N4. The molecule has 17 heavy (non-hydrogen) atoms. The zero-order valence-electron chi connectivity index (χ0n) is 9.58. The van der Waals surface area contributed by atoms with Crippen LogP contribution in [0.25, 0.3) is 11.4 Å². The van der Waals surface area contributed by atoms with E-state index < -0.39 is 0 Å². The quantitative estimate of drug-likeness (QED) is 0.807. The van der Waals surface area contributed by atoms with Gasteiger partial charge in [-0.25, -0.2) is 4.98 Å². The van der Waals surface area contributed by atoms with Crippen LogP contribution < -0.4 is 0 Å². The van der Waals surface area contributed by atoms with Gasteiger partial charge in [0, 0.05) is 29.9 Å². The molecule has 2 heterocycles. The van der Waals surface area contributed by atoms with Gasteiger partial charge in [0.25, 0.3) is 0 Å². The van der Waals surface area contributed by atoms with Gasteiger partial charge in [0.15, 0.2) is 0 Å². The van der Waals surface area contributed by atoms with E-state index in [1.807, 2.05) is 12.4 Å². The molecule has 2 aromatic rings. The molecule has 0 N–H and O–H groups in total. The van der Waals surface area contributed by atoms with Crippen LogP contribution in [-0.4, -0.2) is 19.7 Å². The molecule has 0 saturated heterocycles. The highest BCUT2D eigenvalue weighted by Crippen LogP contribution is 2.41. The summed E-state index contributed by atoms with van der Waals surface area (Å²) >= 11 is 0. The van der Waals surface area contributed by atoms with E-state index in [0.717, 1.165) is 17.1 Å². The minimum Gasteiger partial charge on any atom is -0.328 e. The van der Waals surface area contributed by atoms with Gasteiger partial charge in [0.1, 0.15) is 5.82 Å². The van der Waals surface area contributed by atoms with Crippen molar-refractivity contribution < 1.29 is 0 Å². The fraction of sp³-hybridized carbons (Fsp3) is 0.462. The van der Waals surface area contributed by atoms with Gasteiger partial charge in [-0.05, 0) is 31.7 Å². The Balaban J connectivity index is 1.76. The summed E-state index contributed by atoms with van der Waals surface area (Å²) in [6.07, 6.45) is 10.8. The normalized spacial score (nSPS) is 19.5. The lowest BCUT2D eigenvalue weighted by atomic mass is 10.2. The zero-order valence-corrected chi connectivity index (χ0v) is 9.58. The lowest BCUT2D eigenvalue weighted by Crippen LogP contribution is -1.98. The Morgan fingerprint density at radius 2 is 2.06 bits per heavy atom. The maximum absolute atomic E-state index is 4.46. The van der Waals surface area contributed by atoms with Gasteiger partial charge in [-0.3, -0.25) is 0 Å². The minimum atomic E-state index is 0.645. The van der Waals surface area contributed by atoms with E-state index in [9.17, 15) is 0 Å². The number of hydrogen-bond acceptors (Lipinski definition) is 3. The Kier molecular flexibility index (Phi) is 1.86. The van der Waals surface area contributed by atoms with Gasteiger partial charge >= 0.3 is 0 Å². The van der Waals surface area contributed by atoms with Crippen molar-refractivity contribution in [3.8, 4) is 11.4 Å². The number of rotatable bonds is 3. The Morgan fingerprint density at radius 1 is 1.18 bits per heavy atom. The SMILES string of the molecule is c1cn(C2CC2)c(-c2cnnc(C3CC3)c2)n1. The molecule has 2 aromatic heterocycles. The summed E-state index contributed by atoms with van der Waals surface area (Å²) in [5, 5.41) is 8.33. The van der Waals surface area contributed by atoms with Crippen LogP contribution in [0.5, 0.6) is 0 Å². The van der Waals surface area contributed by atoms with Crippen molar-refractivity contribution >= 4 is 0 Å². The number of imidazole rings is 1. The average molecular weight is 226 g/mol. The van der Waals surface area contributed by atoms with E-state index in [2.05, 4.69) is 32.0 Å². The first-order chi connectivity index (χ1) is 8.42. The summed E-state index contributed by atoms with van der Waals surface area (Å²) in [5.41, 5.74) is 2.24. The van der Waals surface area contributed by atoms with Crippen LogP contribution in [0.4, 0.5) is 0 Å². The predicted octanol–water partition coefficient (Wildman–Crippen LogP) is 2.55. The van der Waals surface area contributed by atoms with Crippen LogP contribution in [0.15, 0.2) is 24.7 Å². The first-order valence-corrected chi connectivity index (χ1v) is 6.27. The van der Waals surface area contributed by atoms with Gasteiger partial charge in [-0.15, -0.1) is 0 Å². The Morgan fingerprint density at radius 3 is 2.82 bits per heavy atom. The summed E-state index contributed by atoms with van der Waals surface area (Å²) in [7, 11) is 0. The molecular weight excluding hydrogens is 212 g/mol. The summed E-state index contributed by atoms with van der Waals surface area (Å²) in [6, 6.07) is 2.82. The van der Waals surface area contributed by atoms with E-state index in [1.54, 1.807) is 0 Å². The number of aromatic nitrogens is 4.